The molecule has 3 radical (unpaired) electrons. The Kier molecular flexibility index (Phi) is 6.54. The van der Waals surface area contributed by atoms with E-state index in [4.69, 9.17) is 0 Å². The summed E-state index contributed by atoms with van der Waals surface area (Å²) in [5.41, 5.74) is 0. The van der Waals surface area contributed by atoms with E-state index < -0.39 is 0 Å². The second-order valence-electron chi connectivity index (χ2n) is 1.70. The Morgan fingerprint density at radius 1 is 0.833 bits per heavy atom. The Balaban J connectivity index is 0.000000189. The molecule has 0 saturated carbocycles. The van der Waals surface area contributed by atoms with E-state index in [1.165, 1.54) is 12.7 Å². The summed E-state index contributed by atoms with van der Waals surface area (Å²) in [6, 6.07) is 5.72. The van der Waals surface area contributed by atoms with Crippen molar-refractivity contribution in [1.29, 1.82) is 0 Å². The zero-order valence-electron chi connectivity index (χ0n) is 6.50. The molecule has 59 valence electrons. The third-order valence-electron chi connectivity index (χ3n) is 0.914. The molecule has 0 fully saturated rings. The smallest absolute Gasteiger partial charge is 0.180 e. The van der Waals surface area contributed by atoms with Crippen LogP contribution in [0.4, 0.5) is 0 Å². The van der Waals surface area contributed by atoms with Crippen LogP contribution in [0.1, 0.15) is 0 Å². The molecule has 0 aliphatic rings. The van der Waals surface area contributed by atoms with Gasteiger partial charge >= 0.3 is 0 Å². The van der Waals surface area contributed by atoms with Crippen LogP contribution in [0.5, 0.6) is 0 Å². The minimum Gasteiger partial charge on any atom is -0.452 e. The Hall–Kier alpha value is -1.58. The van der Waals surface area contributed by atoms with Crippen molar-refractivity contribution in [3.05, 3.63) is 49.4 Å². The zero-order valence-corrected chi connectivity index (χ0v) is 6.50. The first-order valence-electron chi connectivity index (χ1n) is 3.17. The predicted molar refractivity (Wildman–Crippen MR) is 46.5 cm³/mol. The average Bonchev–Trinajstić information content (AvgIpc) is 2.64. The highest BCUT2D eigenvalue weighted by molar-refractivity contribution is 5.75. The van der Waals surface area contributed by atoms with Gasteiger partial charge in [-0.25, -0.2) is 4.98 Å². The second kappa shape index (κ2) is 7.53. The maximum absolute atomic E-state index is 4.47. The molecule has 0 amide bonds. The van der Waals surface area contributed by atoms with Crippen molar-refractivity contribution in [2.75, 3.05) is 0 Å². The van der Waals surface area contributed by atoms with Gasteiger partial charge in [-0.3, -0.25) is 4.98 Å². The first-order valence-corrected chi connectivity index (χ1v) is 3.17. The lowest BCUT2D eigenvalue weighted by molar-refractivity contribution is 0.558. The van der Waals surface area contributed by atoms with Gasteiger partial charge in [0.1, 0.15) is 6.26 Å². The molecule has 2 aromatic rings. The number of rotatable bonds is 0. The second-order valence-corrected chi connectivity index (χ2v) is 1.70. The van der Waals surface area contributed by atoms with Gasteiger partial charge in [0.15, 0.2) is 6.39 Å². The van der Waals surface area contributed by atoms with E-state index in [2.05, 4.69) is 14.4 Å². The maximum atomic E-state index is 4.47. The lowest BCUT2D eigenvalue weighted by Crippen LogP contribution is -1.58. The Bertz CT molecular complexity index is 203. The zero-order chi connectivity index (χ0) is 7.78. The Labute approximate surface area is 73.1 Å². The van der Waals surface area contributed by atoms with Gasteiger partial charge in [-0.15, -0.1) is 0 Å². The van der Waals surface area contributed by atoms with Crippen LogP contribution in [0.2, 0.25) is 0 Å². The van der Waals surface area contributed by atoms with Crippen molar-refractivity contribution in [3.8, 4) is 0 Å². The summed E-state index contributed by atoms with van der Waals surface area (Å²) < 4.78 is 4.47. The molecular weight excluding hydrogens is 151 g/mol. The summed E-state index contributed by atoms with van der Waals surface area (Å²) in [7, 11) is 0. The fourth-order valence-electron chi connectivity index (χ4n) is 0.488. The highest BCUT2D eigenvalue weighted by Gasteiger charge is 1.59. The summed E-state index contributed by atoms with van der Waals surface area (Å²) in [4.78, 5) is 7.34. The summed E-state index contributed by atoms with van der Waals surface area (Å²) >= 11 is 0. The molecule has 0 aliphatic heterocycles. The average molecular weight is 159 g/mol. The van der Waals surface area contributed by atoms with Gasteiger partial charge in [-0.05, 0) is 12.1 Å². The Morgan fingerprint density at radius 3 is 1.75 bits per heavy atom. The van der Waals surface area contributed by atoms with Crippen molar-refractivity contribution in [1.82, 2.24) is 9.97 Å². The lowest BCUT2D eigenvalue weighted by Gasteiger charge is -1.70. The molecule has 12 heavy (non-hydrogen) atoms. The highest BCUT2D eigenvalue weighted by Crippen LogP contribution is 1.73. The number of oxazole rings is 1. The van der Waals surface area contributed by atoms with Crippen molar-refractivity contribution in [2.24, 2.45) is 0 Å². The molecular formula is C8H8BN2O. The van der Waals surface area contributed by atoms with Crippen LogP contribution in [0.15, 0.2) is 53.9 Å². The van der Waals surface area contributed by atoms with Crippen LogP contribution in [0.3, 0.4) is 0 Å². The van der Waals surface area contributed by atoms with Crippen LogP contribution in [0.25, 0.3) is 0 Å². The number of nitrogens with zero attached hydrogens (tertiary/aromatic N) is 2. The van der Waals surface area contributed by atoms with E-state index in [1.54, 1.807) is 18.6 Å². The molecule has 0 aliphatic carbocycles. The fourth-order valence-corrected chi connectivity index (χ4v) is 0.488. The van der Waals surface area contributed by atoms with Crippen molar-refractivity contribution in [3.63, 3.8) is 0 Å². The summed E-state index contributed by atoms with van der Waals surface area (Å²) in [5.74, 6) is 0. The molecule has 4 heteroatoms. The maximum Gasteiger partial charge on any atom is 0.180 e. The first kappa shape index (κ1) is 10.4. The summed E-state index contributed by atoms with van der Waals surface area (Å²) in [5, 5.41) is 0. The minimum atomic E-state index is 0. The molecule has 0 unspecified atom stereocenters. The topological polar surface area (TPSA) is 38.9 Å². The van der Waals surface area contributed by atoms with E-state index in [0.29, 0.717) is 0 Å². The van der Waals surface area contributed by atoms with Gasteiger partial charge in [-0.1, -0.05) is 6.07 Å². The molecule has 2 rings (SSSR count). The van der Waals surface area contributed by atoms with Crippen LogP contribution in [0, 0.1) is 0 Å². The number of hydrogen-bond acceptors (Lipinski definition) is 3. The van der Waals surface area contributed by atoms with Crippen LogP contribution >= 0.6 is 0 Å². The third kappa shape index (κ3) is 5.23. The van der Waals surface area contributed by atoms with E-state index in [1.807, 2.05) is 18.2 Å². The van der Waals surface area contributed by atoms with Gasteiger partial charge < -0.3 is 4.42 Å². The molecule has 0 atom stereocenters. The minimum absolute atomic E-state index is 0. The SMILES string of the molecule is [B].c1ccncc1.c1cocn1. The summed E-state index contributed by atoms with van der Waals surface area (Å²) in [6.07, 6.45) is 7.97. The highest BCUT2D eigenvalue weighted by atomic mass is 16.3. The summed E-state index contributed by atoms with van der Waals surface area (Å²) in [6.45, 7) is 0. The van der Waals surface area contributed by atoms with Gasteiger partial charge in [0.2, 0.25) is 0 Å². The van der Waals surface area contributed by atoms with E-state index in [0.717, 1.165) is 0 Å². The van der Waals surface area contributed by atoms with Crippen molar-refractivity contribution in [2.45, 2.75) is 0 Å². The molecule has 0 aromatic carbocycles. The Morgan fingerprint density at radius 2 is 1.58 bits per heavy atom. The molecule has 0 spiro atoms. The van der Waals surface area contributed by atoms with Gasteiger partial charge in [0, 0.05) is 20.8 Å². The van der Waals surface area contributed by atoms with Gasteiger partial charge in [0.05, 0.1) is 6.20 Å². The van der Waals surface area contributed by atoms with Crippen LogP contribution < -0.4 is 0 Å². The molecule has 2 heterocycles. The number of pyridine rings is 1. The molecule has 0 N–H and O–H groups in total. The standard InChI is InChI=1S/C5H5N.C3H3NO.B/c1-2-4-6-5-3-1;1-2-5-3-4-1;/h1-5H;1-3H;. The number of hydrogen-bond donors (Lipinski definition) is 0. The van der Waals surface area contributed by atoms with Gasteiger partial charge in [0.25, 0.3) is 0 Å². The largest absolute Gasteiger partial charge is 0.452 e. The molecule has 2 aromatic heterocycles. The van der Waals surface area contributed by atoms with Crippen LogP contribution in [-0.2, 0) is 0 Å². The van der Waals surface area contributed by atoms with E-state index >= 15 is 0 Å². The lowest BCUT2D eigenvalue weighted by atomic mass is 10.5. The van der Waals surface area contributed by atoms with E-state index in [-0.39, 0.29) is 8.41 Å². The van der Waals surface area contributed by atoms with Gasteiger partial charge in [-0.2, -0.15) is 0 Å². The normalized spacial score (nSPS) is 7.33. The quantitative estimate of drug-likeness (QED) is 0.545. The van der Waals surface area contributed by atoms with Crippen molar-refractivity contribution < 1.29 is 4.42 Å². The molecule has 0 saturated heterocycles. The van der Waals surface area contributed by atoms with Crippen molar-refractivity contribution >= 4 is 8.41 Å². The van der Waals surface area contributed by atoms with Crippen LogP contribution in [-0.4, -0.2) is 18.4 Å². The monoisotopic (exact) mass is 159 g/mol. The fraction of sp³-hybridized carbons (Fsp3) is 0. The predicted octanol–water partition coefficient (Wildman–Crippen LogP) is 1.38. The first-order chi connectivity index (χ1) is 5.50. The van der Waals surface area contributed by atoms with E-state index in [9.17, 15) is 0 Å². The third-order valence-corrected chi connectivity index (χ3v) is 0.914. The number of aromatic nitrogens is 2. The molecule has 0 bridgehead atoms. The molecule has 3 nitrogen and oxygen atoms in total.